The van der Waals surface area contributed by atoms with Crippen molar-refractivity contribution in [1.82, 2.24) is 9.80 Å². The minimum Gasteiger partial charge on any atom is -0.496 e. The molecule has 2 rings (SSSR count). The smallest absolute Gasteiger partial charge is 0.339 e. The molecule has 5 nitrogen and oxygen atoms in total. The maximum Gasteiger partial charge on any atom is 0.339 e. The van der Waals surface area contributed by atoms with Crippen LogP contribution in [0.2, 0.25) is 0 Å². The first-order valence-corrected chi connectivity index (χ1v) is 7.30. The van der Waals surface area contributed by atoms with E-state index in [0.717, 1.165) is 18.7 Å². The quantitative estimate of drug-likeness (QED) is 0.868. The first-order valence-electron chi connectivity index (χ1n) is 7.30. The van der Waals surface area contributed by atoms with Gasteiger partial charge >= 0.3 is 5.97 Å². The van der Waals surface area contributed by atoms with Crippen LogP contribution in [0.1, 0.15) is 28.8 Å². The molecular formula is C16H24N2O3. The van der Waals surface area contributed by atoms with Gasteiger partial charge in [-0.2, -0.15) is 0 Å². The van der Waals surface area contributed by atoms with Crippen LogP contribution in [0.25, 0.3) is 0 Å². The number of benzene rings is 1. The predicted molar refractivity (Wildman–Crippen MR) is 81.9 cm³/mol. The van der Waals surface area contributed by atoms with E-state index in [0.29, 0.717) is 11.8 Å². The van der Waals surface area contributed by atoms with Crippen LogP contribution in [0, 0.1) is 0 Å². The molecule has 0 bridgehead atoms. The van der Waals surface area contributed by atoms with Gasteiger partial charge < -0.3 is 19.6 Å². The number of hydrogen-bond acceptors (Lipinski definition) is 4. The van der Waals surface area contributed by atoms with E-state index < -0.39 is 5.97 Å². The zero-order valence-electron chi connectivity index (χ0n) is 13.0. The van der Waals surface area contributed by atoms with Crippen LogP contribution < -0.4 is 4.74 Å². The summed E-state index contributed by atoms with van der Waals surface area (Å²) >= 11 is 0. The Kier molecular flexibility index (Phi) is 5.20. The average molecular weight is 292 g/mol. The minimum absolute atomic E-state index is 0.208. The second kappa shape index (κ2) is 6.91. The fraction of sp³-hybridized carbons (Fsp3) is 0.562. The third-order valence-corrected chi connectivity index (χ3v) is 4.14. The number of rotatable bonds is 6. The van der Waals surface area contributed by atoms with Gasteiger partial charge in [0.2, 0.25) is 0 Å². The van der Waals surface area contributed by atoms with Gasteiger partial charge in [-0.25, -0.2) is 4.79 Å². The molecule has 1 atom stereocenters. The molecule has 1 heterocycles. The lowest BCUT2D eigenvalue weighted by Gasteiger charge is -2.26. The molecule has 116 valence electrons. The lowest BCUT2D eigenvalue weighted by atomic mass is 10.1. The van der Waals surface area contributed by atoms with E-state index in [1.54, 1.807) is 6.07 Å². The fourth-order valence-corrected chi connectivity index (χ4v) is 2.96. The van der Waals surface area contributed by atoms with Gasteiger partial charge in [0.1, 0.15) is 11.3 Å². The lowest BCUT2D eigenvalue weighted by Crippen LogP contribution is -2.36. The van der Waals surface area contributed by atoms with Gasteiger partial charge in [-0.05, 0) is 51.2 Å². The highest BCUT2D eigenvalue weighted by Crippen LogP contribution is 2.22. The molecule has 0 aromatic heterocycles. The maximum absolute atomic E-state index is 11.1. The summed E-state index contributed by atoms with van der Waals surface area (Å²) in [6.07, 6.45) is 2.53. The van der Waals surface area contributed by atoms with Gasteiger partial charge in [-0.3, -0.25) is 0 Å². The first kappa shape index (κ1) is 15.8. The molecule has 1 aromatic carbocycles. The molecule has 1 unspecified atom stereocenters. The molecule has 1 N–H and O–H groups in total. The Hall–Kier alpha value is -1.59. The first-order chi connectivity index (χ1) is 10.0. The van der Waals surface area contributed by atoms with Gasteiger partial charge in [0.15, 0.2) is 0 Å². The van der Waals surface area contributed by atoms with Gasteiger partial charge in [-0.1, -0.05) is 6.07 Å². The number of ether oxygens (including phenoxy) is 1. The summed E-state index contributed by atoms with van der Waals surface area (Å²) in [4.78, 5) is 15.8. The second-order valence-electron chi connectivity index (χ2n) is 5.81. The van der Waals surface area contributed by atoms with Gasteiger partial charge in [0.05, 0.1) is 7.11 Å². The van der Waals surface area contributed by atoms with Crippen LogP contribution in [0.5, 0.6) is 5.75 Å². The number of carboxylic acids is 1. The summed E-state index contributed by atoms with van der Waals surface area (Å²) in [5.41, 5.74) is 1.28. The molecule has 1 aromatic rings. The van der Waals surface area contributed by atoms with Crippen LogP contribution >= 0.6 is 0 Å². The number of hydrogen-bond donors (Lipinski definition) is 1. The molecule has 0 aliphatic carbocycles. The van der Waals surface area contributed by atoms with Crippen molar-refractivity contribution in [3.05, 3.63) is 29.3 Å². The number of carbonyl (C=O) groups is 1. The number of nitrogens with zero attached hydrogens (tertiary/aromatic N) is 2. The Bertz CT molecular complexity index is 504. The molecule has 21 heavy (non-hydrogen) atoms. The summed E-state index contributed by atoms with van der Waals surface area (Å²) in [7, 11) is 5.78. The van der Waals surface area contributed by atoms with Crippen molar-refractivity contribution in [1.29, 1.82) is 0 Å². The zero-order valence-corrected chi connectivity index (χ0v) is 13.0. The predicted octanol–water partition coefficient (Wildman–Crippen LogP) is 1.92. The summed E-state index contributed by atoms with van der Waals surface area (Å²) in [6, 6.07) is 5.92. The van der Waals surface area contributed by atoms with Crippen LogP contribution in [0.15, 0.2) is 18.2 Å². The molecule has 1 aliphatic rings. The largest absolute Gasteiger partial charge is 0.496 e. The summed E-state index contributed by atoms with van der Waals surface area (Å²) in [5, 5.41) is 9.09. The number of carboxylic acid groups (broad SMARTS) is 1. The zero-order chi connectivity index (χ0) is 15.4. The van der Waals surface area contributed by atoms with E-state index >= 15 is 0 Å². The second-order valence-corrected chi connectivity index (χ2v) is 5.81. The summed E-state index contributed by atoms with van der Waals surface area (Å²) < 4.78 is 5.17. The molecule has 0 amide bonds. The minimum atomic E-state index is -0.959. The van der Waals surface area contributed by atoms with E-state index in [2.05, 4.69) is 23.9 Å². The van der Waals surface area contributed by atoms with Crippen molar-refractivity contribution in [3.63, 3.8) is 0 Å². The molecular weight excluding hydrogens is 268 g/mol. The monoisotopic (exact) mass is 292 g/mol. The third kappa shape index (κ3) is 3.95. The van der Waals surface area contributed by atoms with Gasteiger partial charge in [-0.15, -0.1) is 0 Å². The van der Waals surface area contributed by atoms with Gasteiger partial charge in [0, 0.05) is 19.1 Å². The number of likely N-dealkylation sites (tertiary alicyclic amines) is 1. The highest BCUT2D eigenvalue weighted by atomic mass is 16.5. The van der Waals surface area contributed by atoms with Crippen molar-refractivity contribution in [2.45, 2.75) is 25.4 Å². The Morgan fingerprint density at radius 1 is 1.52 bits per heavy atom. The van der Waals surface area contributed by atoms with E-state index in [1.165, 1.54) is 26.5 Å². The molecule has 1 aliphatic heterocycles. The Labute approximate surface area is 126 Å². The number of methoxy groups -OCH3 is 1. The van der Waals surface area contributed by atoms with Crippen molar-refractivity contribution < 1.29 is 14.6 Å². The molecule has 1 fully saturated rings. The Balaban J connectivity index is 2.00. The van der Waals surface area contributed by atoms with Crippen molar-refractivity contribution >= 4 is 5.97 Å². The van der Waals surface area contributed by atoms with E-state index in [1.807, 2.05) is 12.1 Å². The molecule has 0 spiro atoms. The van der Waals surface area contributed by atoms with Crippen molar-refractivity contribution in [2.24, 2.45) is 0 Å². The summed E-state index contributed by atoms with van der Waals surface area (Å²) in [6.45, 7) is 3.00. The third-order valence-electron chi connectivity index (χ3n) is 4.14. The van der Waals surface area contributed by atoms with Crippen molar-refractivity contribution in [3.8, 4) is 5.75 Å². The molecule has 0 radical (unpaired) electrons. The van der Waals surface area contributed by atoms with Crippen LogP contribution in [0.3, 0.4) is 0 Å². The SMILES string of the molecule is COc1cc(CN(C)CC2CCCN2C)ccc1C(=O)O. The molecule has 0 saturated carbocycles. The van der Waals surface area contributed by atoms with Crippen LogP contribution in [0.4, 0.5) is 0 Å². The van der Waals surface area contributed by atoms with Gasteiger partial charge in [0.25, 0.3) is 0 Å². The normalized spacial score (nSPS) is 19.1. The summed E-state index contributed by atoms with van der Waals surface area (Å²) in [5.74, 6) is -0.536. The highest BCUT2D eigenvalue weighted by Gasteiger charge is 2.22. The topological polar surface area (TPSA) is 53.0 Å². The highest BCUT2D eigenvalue weighted by molar-refractivity contribution is 5.90. The van der Waals surface area contributed by atoms with Crippen LogP contribution in [-0.2, 0) is 6.54 Å². The molecule has 5 heteroatoms. The number of likely N-dealkylation sites (N-methyl/N-ethyl adjacent to an activating group) is 2. The lowest BCUT2D eigenvalue weighted by molar-refractivity contribution is 0.0693. The maximum atomic E-state index is 11.1. The van der Waals surface area contributed by atoms with E-state index in [9.17, 15) is 4.79 Å². The Morgan fingerprint density at radius 2 is 2.29 bits per heavy atom. The van der Waals surface area contributed by atoms with Crippen LogP contribution in [-0.4, -0.2) is 61.2 Å². The fourth-order valence-electron chi connectivity index (χ4n) is 2.96. The average Bonchev–Trinajstić information content (AvgIpc) is 2.83. The molecule has 1 saturated heterocycles. The number of aromatic carboxylic acids is 1. The Morgan fingerprint density at radius 3 is 2.86 bits per heavy atom. The van der Waals surface area contributed by atoms with E-state index in [-0.39, 0.29) is 5.56 Å². The van der Waals surface area contributed by atoms with Crippen molar-refractivity contribution in [2.75, 3.05) is 34.3 Å². The van der Waals surface area contributed by atoms with E-state index in [4.69, 9.17) is 9.84 Å². The standard InChI is InChI=1S/C16H24N2O3/c1-17(11-13-5-4-8-18(13)2)10-12-6-7-14(16(19)20)15(9-12)21-3/h6-7,9,13H,4-5,8,10-11H2,1-3H3,(H,19,20).